The molecule has 0 radical (unpaired) electrons. The summed E-state index contributed by atoms with van der Waals surface area (Å²) in [6.45, 7) is 0.360. The lowest BCUT2D eigenvalue weighted by Gasteiger charge is -2.12. The molecule has 1 aromatic heterocycles. The lowest BCUT2D eigenvalue weighted by Crippen LogP contribution is -2.30. The lowest BCUT2D eigenvalue weighted by molar-refractivity contribution is -0.325. The molecule has 0 aliphatic heterocycles. The van der Waals surface area contributed by atoms with Crippen LogP contribution < -0.4 is 5.56 Å². The van der Waals surface area contributed by atoms with Gasteiger partial charge in [0.2, 0.25) is 0 Å². The van der Waals surface area contributed by atoms with Crippen LogP contribution in [0.25, 0.3) is 0 Å². The van der Waals surface area contributed by atoms with Crippen LogP contribution in [0, 0.1) is 6.92 Å². The minimum atomic E-state index is -4.78. The third kappa shape index (κ3) is 3.59. The van der Waals surface area contributed by atoms with Crippen molar-refractivity contribution in [3.05, 3.63) is 33.7 Å². The van der Waals surface area contributed by atoms with Crippen molar-refractivity contribution >= 4 is 5.97 Å². The topological polar surface area (TPSA) is 68.5 Å². The molecule has 0 aliphatic carbocycles. The quantitative estimate of drug-likeness (QED) is 0.893. The van der Waals surface area contributed by atoms with Gasteiger partial charge in [-0.25, -0.2) is 4.79 Å². The molecule has 0 amide bonds. The fourth-order valence-electron chi connectivity index (χ4n) is 1.36. The van der Waals surface area contributed by atoms with Gasteiger partial charge < -0.3 is 9.67 Å². The van der Waals surface area contributed by atoms with Crippen molar-refractivity contribution in [3.8, 4) is 0 Å². The number of carboxylic acids is 1. The summed E-state index contributed by atoms with van der Waals surface area (Å²) >= 11 is 0. The first-order chi connectivity index (χ1) is 8.22. The Balaban J connectivity index is 2.92. The predicted molar refractivity (Wildman–Crippen MR) is 54.4 cm³/mol. The van der Waals surface area contributed by atoms with E-state index in [0.29, 0.717) is 5.69 Å². The van der Waals surface area contributed by atoms with Gasteiger partial charge in [0.1, 0.15) is 5.56 Å². The average molecular weight is 265 g/mol. The summed E-state index contributed by atoms with van der Waals surface area (Å²) < 4.78 is 39.8. The fraction of sp³-hybridized carbons (Fsp3) is 0.400. The van der Waals surface area contributed by atoms with Crippen LogP contribution in [-0.2, 0) is 11.3 Å². The van der Waals surface area contributed by atoms with Gasteiger partial charge in [0.05, 0.1) is 6.61 Å². The summed E-state index contributed by atoms with van der Waals surface area (Å²) in [5.74, 6) is -1.43. The summed E-state index contributed by atoms with van der Waals surface area (Å²) in [7, 11) is 0. The van der Waals surface area contributed by atoms with Gasteiger partial charge in [-0.2, -0.15) is 0 Å². The lowest BCUT2D eigenvalue weighted by atomic mass is 10.2. The first-order valence-electron chi connectivity index (χ1n) is 4.87. The van der Waals surface area contributed by atoms with E-state index >= 15 is 0 Å². The molecule has 18 heavy (non-hydrogen) atoms. The van der Waals surface area contributed by atoms with Gasteiger partial charge in [0, 0.05) is 12.2 Å². The molecule has 1 rings (SSSR count). The Morgan fingerprint density at radius 2 is 2.06 bits per heavy atom. The highest BCUT2D eigenvalue weighted by Gasteiger charge is 2.28. The number of pyridine rings is 1. The van der Waals surface area contributed by atoms with E-state index < -0.39 is 30.1 Å². The van der Waals surface area contributed by atoms with Crippen LogP contribution in [0.5, 0.6) is 0 Å². The van der Waals surface area contributed by atoms with Gasteiger partial charge in [0.25, 0.3) is 5.56 Å². The molecule has 0 unspecified atom stereocenters. The number of hydrogen-bond acceptors (Lipinski definition) is 3. The van der Waals surface area contributed by atoms with Crippen molar-refractivity contribution in [1.29, 1.82) is 0 Å². The first kappa shape index (κ1) is 14.2. The molecule has 0 saturated carbocycles. The van der Waals surface area contributed by atoms with E-state index in [1.807, 2.05) is 0 Å². The Morgan fingerprint density at radius 3 is 2.56 bits per heavy atom. The van der Waals surface area contributed by atoms with Crippen molar-refractivity contribution in [1.82, 2.24) is 4.57 Å². The summed E-state index contributed by atoms with van der Waals surface area (Å²) in [4.78, 5) is 22.3. The van der Waals surface area contributed by atoms with Gasteiger partial charge in [-0.05, 0) is 19.1 Å². The maximum Gasteiger partial charge on any atom is 0.522 e. The summed E-state index contributed by atoms with van der Waals surface area (Å²) in [6.07, 6.45) is -4.78. The van der Waals surface area contributed by atoms with E-state index in [2.05, 4.69) is 4.74 Å². The SMILES string of the molecule is Cc1ccc(C(=O)O)c(=O)n1CCOC(F)(F)F. The third-order valence-electron chi connectivity index (χ3n) is 2.20. The van der Waals surface area contributed by atoms with E-state index in [-0.39, 0.29) is 6.54 Å². The number of rotatable bonds is 4. The molecule has 0 atom stereocenters. The number of ether oxygens (including phenoxy) is 1. The summed E-state index contributed by atoms with van der Waals surface area (Å²) in [5.41, 5.74) is -0.989. The van der Waals surface area contributed by atoms with Crippen LogP contribution >= 0.6 is 0 Å². The summed E-state index contributed by atoms with van der Waals surface area (Å²) in [6, 6.07) is 2.46. The van der Waals surface area contributed by atoms with Crippen LogP contribution in [0.4, 0.5) is 13.2 Å². The Morgan fingerprint density at radius 1 is 1.44 bits per heavy atom. The zero-order valence-corrected chi connectivity index (χ0v) is 9.32. The molecule has 0 aromatic carbocycles. The monoisotopic (exact) mass is 265 g/mol. The molecular formula is C10H10F3NO4. The number of aromatic carboxylic acids is 1. The molecule has 1 N–H and O–H groups in total. The smallest absolute Gasteiger partial charge is 0.477 e. The Bertz CT molecular complexity index is 507. The van der Waals surface area contributed by atoms with Crippen LogP contribution in [0.3, 0.4) is 0 Å². The largest absolute Gasteiger partial charge is 0.522 e. The van der Waals surface area contributed by atoms with Gasteiger partial charge in [0.15, 0.2) is 0 Å². The number of nitrogens with zero attached hydrogens (tertiary/aromatic N) is 1. The van der Waals surface area contributed by atoms with Gasteiger partial charge >= 0.3 is 12.3 Å². The molecule has 5 nitrogen and oxygen atoms in total. The van der Waals surface area contributed by atoms with Crippen LogP contribution in [0.1, 0.15) is 16.1 Å². The van der Waals surface area contributed by atoms with Crippen molar-refractivity contribution in [3.63, 3.8) is 0 Å². The molecule has 1 heterocycles. The van der Waals surface area contributed by atoms with Gasteiger partial charge in [-0.1, -0.05) is 0 Å². The van der Waals surface area contributed by atoms with E-state index in [4.69, 9.17) is 5.11 Å². The molecule has 0 spiro atoms. The van der Waals surface area contributed by atoms with Crippen molar-refractivity contribution in [2.45, 2.75) is 19.8 Å². The minimum Gasteiger partial charge on any atom is -0.477 e. The molecule has 100 valence electrons. The second-order valence-electron chi connectivity index (χ2n) is 3.44. The van der Waals surface area contributed by atoms with E-state index in [1.165, 1.54) is 13.0 Å². The Labute approximate surface area is 99.4 Å². The zero-order chi connectivity index (χ0) is 13.9. The maximum absolute atomic E-state index is 11.8. The van der Waals surface area contributed by atoms with Crippen molar-refractivity contribution in [2.24, 2.45) is 0 Å². The number of carbonyl (C=O) groups is 1. The molecule has 0 saturated heterocycles. The predicted octanol–water partition coefficient (Wildman–Crippen LogP) is 1.39. The first-order valence-corrected chi connectivity index (χ1v) is 4.87. The molecule has 8 heteroatoms. The number of alkyl halides is 3. The molecular weight excluding hydrogens is 255 g/mol. The fourth-order valence-corrected chi connectivity index (χ4v) is 1.36. The van der Waals surface area contributed by atoms with E-state index in [1.54, 1.807) is 0 Å². The highest BCUT2D eigenvalue weighted by atomic mass is 19.4. The molecule has 0 bridgehead atoms. The number of carboxylic acid groups (broad SMARTS) is 1. The van der Waals surface area contributed by atoms with Crippen molar-refractivity contribution < 1.29 is 27.8 Å². The van der Waals surface area contributed by atoms with E-state index in [9.17, 15) is 22.8 Å². The maximum atomic E-state index is 11.8. The average Bonchev–Trinajstić information content (AvgIpc) is 2.20. The minimum absolute atomic E-state index is 0.357. The normalized spacial score (nSPS) is 11.6. The second-order valence-corrected chi connectivity index (χ2v) is 3.44. The standard InChI is InChI=1S/C10H10F3NO4/c1-6-2-3-7(9(16)17)8(15)14(6)4-5-18-10(11,12)13/h2-3H,4-5H2,1H3,(H,16,17). The summed E-state index contributed by atoms with van der Waals surface area (Å²) in [5, 5.41) is 8.71. The molecule has 1 aromatic rings. The Hall–Kier alpha value is -1.83. The number of hydrogen-bond donors (Lipinski definition) is 1. The number of aryl methyl sites for hydroxylation is 1. The molecule has 0 aliphatic rings. The molecule has 0 fully saturated rings. The highest BCUT2D eigenvalue weighted by Crippen LogP contribution is 2.15. The second kappa shape index (κ2) is 5.21. The van der Waals surface area contributed by atoms with Gasteiger partial charge in [-0.3, -0.25) is 9.53 Å². The zero-order valence-electron chi connectivity index (χ0n) is 9.32. The van der Waals surface area contributed by atoms with Crippen LogP contribution in [0.15, 0.2) is 16.9 Å². The van der Waals surface area contributed by atoms with Crippen molar-refractivity contribution in [2.75, 3.05) is 6.61 Å². The number of aromatic nitrogens is 1. The Kier molecular flexibility index (Phi) is 4.12. The third-order valence-corrected chi connectivity index (χ3v) is 2.20. The van der Waals surface area contributed by atoms with Crippen LogP contribution in [0.2, 0.25) is 0 Å². The van der Waals surface area contributed by atoms with Gasteiger partial charge in [-0.15, -0.1) is 13.2 Å². The number of halogens is 3. The van der Waals surface area contributed by atoms with Crippen LogP contribution in [-0.4, -0.2) is 28.6 Å². The van der Waals surface area contributed by atoms with E-state index in [0.717, 1.165) is 10.6 Å². The highest BCUT2D eigenvalue weighted by molar-refractivity contribution is 5.87.